The zero-order chi connectivity index (χ0) is 9.80. The Balaban J connectivity index is 1.85. The van der Waals surface area contributed by atoms with Gasteiger partial charge in [-0.25, -0.2) is 0 Å². The second-order valence-electron chi connectivity index (χ2n) is 3.57. The lowest BCUT2D eigenvalue weighted by atomic mass is 10.2. The summed E-state index contributed by atoms with van der Waals surface area (Å²) in [4.78, 5) is 0. The van der Waals surface area contributed by atoms with Gasteiger partial charge in [-0.15, -0.1) is 0 Å². The molecule has 1 aliphatic heterocycles. The molecule has 3 heteroatoms. The second kappa shape index (κ2) is 4.33. The first kappa shape index (κ1) is 9.34. The van der Waals surface area contributed by atoms with Crippen molar-refractivity contribution in [3.63, 3.8) is 0 Å². The van der Waals surface area contributed by atoms with E-state index in [9.17, 15) is 5.11 Å². The van der Waals surface area contributed by atoms with E-state index in [0.717, 1.165) is 31.7 Å². The molecule has 0 radical (unpaired) electrons. The maximum atomic E-state index is 9.23. The molecule has 1 heterocycles. The Morgan fingerprint density at radius 3 is 3.14 bits per heavy atom. The maximum Gasteiger partial charge on any atom is 0.117 e. The van der Waals surface area contributed by atoms with Crippen LogP contribution < -0.4 is 5.32 Å². The van der Waals surface area contributed by atoms with Gasteiger partial charge in [0.2, 0.25) is 0 Å². The summed E-state index contributed by atoms with van der Waals surface area (Å²) in [5.74, 6) is 0.294. The zero-order valence-electron chi connectivity index (χ0n) is 8.07. The van der Waals surface area contributed by atoms with Crippen LogP contribution in [0.25, 0.3) is 0 Å². The first-order valence-electron chi connectivity index (χ1n) is 4.99. The summed E-state index contributed by atoms with van der Waals surface area (Å²) in [7, 11) is 0. The number of nitrogens with one attached hydrogen (secondary N) is 1. The predicted molar refractivity (Wildman–Crippen MR) is 55.6 cm³/mol. The van der Waals surface area contributed by atoms with Crippen molar-refractivity contribution in [2.24, 2.45) is 0 Å². The average molecular weight is 193 g/mol. The Labute approximate surface area is 83.7 Å². The van der Waals surface area contributed by atoms with Crippen LogP contribution in [0, 0.1) is 0 Å². The molecule has 0 bridgehead atoms. The third-order valence-electron chi connectivity index (χ3n) is 2.40. The van der Waals surface area contributed by atoms with Crippen LogP contribution in [0.2, 0.25) is 0 Å². The second-order valence-corrected chi connectivity index (χ2v) is 3.57. The van der Waals surface area contributed by atoms with Crippen molar-refractivity contribution >= 4 is 5.69 Å². The van der Waals surface area contributed by atoms with E-state index in [0.29, 0.717) is 11.9 Å². The summed E-state index contributed by atoms with van der Waals surface area (Å²) in [5.41, 5.74) is 0.945. The normalized spacial score (nSPS) is 21.0. The molecule has 0 aromatic heterocycles. The van der Waals surface area contributed by atoms with E-state index in [-0.39, 0.29) is 0 Å². The van der Waals surface area contributed by atoms with Crippen LogP contribution in [0.5, 0.6) is 5.75 Å². The predicted octanol–water partition coefficient (Wildman–Crippen LogP) is 1.98. The fraction of sp³-hybridized carbons (Fsp3) is 0.455. The number of anilines is 1. The minimum Gasteiger partial charge on any atom is -0.508 e. The van der Waals surface area contributed by atoms with Crippen molar-refractivity contribution in [2.75, 3.05) is 18.5 Å². The molecule has 14 heavy (non-hydrogen) atoms. The van der Waals surface area contributed by atoms with Crippen LogP contribution in [-0.2, 0) is 4.74 Å². The van der Waals surface area contributed by atoms with Crippen molar-refractivity contribution in [2.45, 2.75) is 18.9 Å². The minimum absolute atomic E-state index is 0.294. The number of aromatic hydroxyl groups is 1. The Kier molecular flexibility index (Phi) is 2.89. The molecule has 0 spiro atoms. The lowest BCUT2D eigenvalue weighted by Crippen LogP contribution is -2.18. The number of hydrogen-bond acceptors (Lipinski definition) is 3. The molecule has 0 amide bonds. The number of ether oxygens (including phenoxy) is 1. The quantitative estimate of drug-likeness (QED) is 0.771. The van der Waals surface area contributed by atoms with E-state index in [1.807, 2.05) is 12.1 Å². The Morgan fingerprint density at radius 1 is 1.50 bits per heavy atom. The number of hydrogen-bond donors (Lipinski definition) is 2. The summed E-state index contributed by atoms with van der Waals surface area (Å²) in [5, 5.41) is 12.5. The Morgan fingerprint density at radius 2 is 2.43 bits per heavy atom. The van der Waals surface area contributed by atoms with Crippen LogP contribution in [-0.4, -0.2) is 24.4 Å². The number of phenols is 1. The van der Waals surface area contributed by atoms with E-state index >= 15 is 0 Å². The van der Waals surface area contributed by atoms with Crippen LogP contribution in [0.3, 0.4) is 0 Å². The Hall–Kier alpha value is -1.22. The molecule has 1 aromatic carbocycles. The minimum atomic E-state index is 0.294. The van der Waals surface area contributed by atoms with E-state index in [1.165, 1.54) is 0 Å². The molecule has 1 atom stereocenters. The van der Waals surface area contributed by atoms with Crippen LogP contribution in [0.1, 0.15) is 12.8 Å². The fourth-order valence-electron chi connectivity index (χ4n) is 1.65. The lowest BCUT2D eigenvalue weighted by Gasteiger charge is -2.11. The average Bonchev–Trinajstić information content (AvgIpc) is 2.67. The standard InChI is InChI=1S/C11H15NO2/c13-10-4-1-3-9(7-10)12-8-11-5-2-6-14-11/h1,3-4,7,11-13H,2,5-6,8H2. The highest BCUT2D eigenvalue weighted by atomic mass is 16.5. The van der Waals surface area contributed by atoms with Gasteiger partial charge in [-0.1, -0.05) is 6.07 Å². The van der Waals surface area contributed by atoms with E-state index in [4.69, 9.17) is 4.74 Å². The van der Waals surface area contributed by atoms with Gasteiger partial charge >= 0.3 is 0 Å². The monoisotopic (exact) mass is 193 g/mol. The van der Waals surface area contributed by atoms with Gasteiger partial charge in [0.1, 0.15) is 5.75 Å². The van der Waals surface area contributed by atoms with Gasteiger partial charge < -0.3 is 15.2 Å². The van der Waals surface area contributed by atoms with Crippen molar-refractivity contribution in [3.05, 3.63) is 24.3 Å². The van der Waals surface area contributed by atoms with Crippen LogP contribution in [0.4, 0.5) is 5.69 Å². The van der Waals surface area contributed by atoms with Crippen LogP contribution in [0.15, 0.2) is 24.3 Å². The third kappa shape index (κ3) is 2.39. The third-order valence-corrected chi connectivity index (χ3v) is 2.40. The molecule has 0 saturated carbocycles. The molecule has 1 unspecified atom stereocenters. The van der Waals surface area contributed by atoms with Gasteiger partial charge in [0.25, 0.3) is 0 Å². The van der Waals surface area contributed by atoms with Gasteiger partial charge in [-0.05, 0) is 25.0 Å². The van der Waals surface area contributed by atoms with Gasteiger partial charge in [-0.2, -0.15) is 0 Å². The molecule has 1 fully saturated rings. The highest BCUT2D eigenvalue weighted by Crippen LogP contribution is 2.17. The molecule has 1 aromatic rings. The highest BCUT2D eigenvalue weighted by Gasteiger charge is 2.14. The SMILES string of the molecule is Oc1cccc(NCC2CCCO2)c1. The van der Waals surface area contributed by atoms with Crippen molar-refractivity contribution < 1.29 is 9.84 Å². The maximum absolute atomic E-state index is 9.23. The fourth-order valence-corrected chi connectivity index (χ4v) is 1.65. The summed E-state index contributed by atoms with van der Waals surface area (Å²) in [6.45, 7) is 1.70. The molecule has 0 aliphatic carbocycles. The Bertz CT molecular complexity index is 295. The molecule has 3 nitrogen and oxygen atoms in total. The van der Waals surface area contributed by atoms with E-state index < -0.39 is 0 Å². The summed E-state index contributed by atoms with van der Waals surface area (Å²) in [6.07, 6.45) is 2.62. The largest absolute Gasteiger partial charge is 0.508 e. The molecule has 2 rings (SSSR count). The van der Waals surface area contributed by atoms with Crippen molar-refractivity contribution in [1.29, 1.82) is 0 Å². The van der Waals surface area contributed by atoms with Gasteiger partial charge in [0.05, 0.1) is 6.10 Å². The lowest BCUT2D eigenvalue weighted by molar-refractivity contribution is 0.120. The van der Waals surface area contributed by atoms with Crippen LogP contribution >= 0.6 is 0 Å². The molecule has 1 aliphatic rings. The van der Waals surface area contributed by atoms with Gasteiger partial charge in [-0.3, -0.25) is 0 Å². The van der Waals surface area contributed by atoms with Gasteiger partial charge in [0, 0.05) is 24.9 Å². The smallest absolute Gasteiger partial charge is 0.117 e. The highest BCUT2D eigenvalue weighted by molar-refractivity contribution is 5.47. The van der Waals surface area contributed by atoms with Crippen molar-refractivity contribution in [3.8, 4) is 5.75 Å². The first-order chi connectivity index (χ1) is 6.84. The zero-order valence-corrected chi connectivity index (χ0v) is 8.07. The number of rotatable bonds is 3. The molecular formula is C11H15NO2. The summed E-state index contributed by atoms with van der Waals surface area (Å²) >= 11 is 0. The number of phenolic OH excluding ortho intramolecular Hbond substituents is 1. The van der Waals surface area contributed by atoms with E-state index in [1.54, 1.807) is 12.1 Å². The summed E-state index contributed by atoms with van der Waals surface area (Å²) in [6, 6.07) is 7.15. The molecular weight excluding hydrogens is 178 g/mol. The molecule has 2 N–H and O–H groups in total. The summed E-state index contributed by atoms with van der Waals surface area (Å²) < 4.78 is 5.48. The topological polar surface area (TPSA) is 41.5 Å². The molecule has 1 saturated heterocycles. The van der Waals surface area contributed by atoms with E-state index in [2.05, 4.69) is 5.32 Å². The van der Waals surface area contributed by atoms with Crippen molar-refractivity contribution in [1.82, 2.24) is 0 Å². The first-order valence-corrected chi connectivity index (χ1v) is 4.99. The molecule has 76 valence electrons. The van der Waals surface area contributed by atoms with Gasteiger partial charge in [0.15, 0.2) is 0 Å². The number of benzene rings is 1.